The van der Waals surface area contributed by atoms with Gasteiger partial charge in [0.1, 0.15) is 11.4 Å². The molecule has 0 aliphatic carbocycles. The molecular weight excluding hydrogens is 526 g/mol. The highest BCUT2D eigenvalue weighted by Crippen LogP contribution is 2.43. The molecule has 0 bridgehead atoms. The Morgan fingerprint density at radius 1 is 0.875 bits per heavy atom. The maximum Gasteiger partial charge on any atom is 0.321 e. The average Bonchev–Trinajstić information content (AvgIpc) is 3.34. The zero-order chi connectivity index (χ0) is 27.6. The van der Waals surface area contributed by atoms with Crippen LogP contribution in [-0.2, 0) is 27.6 Å². The van der Waals surface area contributed by atoms with Gasteiger partial charge in [0.05, 0.1) is 19.0 Å². The molecule has 40 heavy (non-hydrogen) atoms. The Labute approximate surface area is 235 Å². The molecule has 2 saturated heterocycles. The molecule has 9 heteroatoms. The molecule has 0 radical (unpaired) electrons. The lowest BCUT2D eigenvalue weighted by Gasteiger charge is -2.38. The summed E-state index contributed by atoms with van der Waals surface area (Å²) in [5.74, 6) is 1.02. The molecule has 0 aromatic heterocycles. The number of nitrogens with zero attached hydrogens (tertiary/aromatic N) is 2. The number of anilines is 1. The largest absolute Gasteiger partial charge is 0.487 e. The number of fused-ring (bicyclic) bond motifs is 1. The number of rotatable bonds is 6. The lowest BCUT2D eigenvalue weighted by atomic mass is 9.87. The monoisotopic (exact) mass is 561 g/mol. The minimum absolute atomic E-state index is 0.105. The summed E-state index contributed by atoms with van der Waals surface area (Å²) in [4.78, 5) is 14.2. The highest BCUT2D eigenvalue weighted by molar-refractivity contribution is 7.89. The Morgan fingerprint density at radius 2 is 1.57 bits per heavy atom. The molecule has 210 valence electrons. The van der Waals surface area contributed by atoms with Crippen LogP contribution in [0.4, 0.5) is 10.5 Å². The van der Waals surface area contributed by atoms with Crippen molar-refractivity contribution in [1.29, 1.82) is 0 Å². The summed E-state index contributed by atoms with van der Waals surface area (Å²) in [7, 11) is -3.31. The van der Waals surface area contributed by atoms with Crippen molar-refractivity contribution in [2.45, 2.75) is 31.3 Å². The van der Waals surface area contributed by atoms with E-state index in [-0.39, 0.29) is 17.4 Å². The quantitative estimate of drug-likeness (QED) is 0.477. The Hall–Kier alpha value is -3.40. The van der Waals surface area contributed by atoms with Crippen molar-refractivity contribution in [2.24, 2.45) is 0 Å². The van der Waals surface area contributed by atoms with Crippen molar-refractivity contribution in [1.82, 2.24) is 9.21 Å². The van der Waals surface area contributed by atoms with Crippen LogP contribution in [0.5, 0.6) is 5.75 Å². The predicted molar refractivity (Wildman–Crippen MR) is 155 cm³/mol. The minimum Gasteiger partial charge on any atom is -0.487 e. The zero-order valence-corrected chi connectivity index (χ0v) is 23.4. The highest BCUT2D eigenvalue weighted by atomic mass is 32.2. The van der Waals surface area contributed by atoms with E-state index in [0.717, 1.165) is 40.1 Å². The van der Waals surface area contributed by atoms with Gasteiger partial charge in [-0.25, -0.2) is 17.5 Å². The predicted octanol–water partition coefficient (Wildman–Crippen LogP) is 4.56. The fourth-order valence-corrected chi connectivity index (χ4v) is 7.29. The molecule has 8 nitrogen and oxygen atoms in total. The summed E-state index contributed by atoms with van der Waals surface area (Å²) < 4.78 is 39.4. The average molecular weight is 562 g/mol. The second-order valence-corrected chi connectivity index (χ2v) is 12.9. The molecule has 3 aliphatic rings. The number of urea groups is 1. The van der Waals surface area contributed by atoms with Crippen molar-refractivity contribution in [3.05, 3.63) is 83.9 Å². The Kier molecular flexibility index (Phi) is 7.53. The van der Waals surface area contributed by atoms with E-state index in [2.05, 4.69) is 17.4 Å². The number of hydrogen-bond acceptors (Lipinski definition) is 5. The number of sulfonamides is 1. The molecule has 2 fully saturated rings. The van der Waals surface area contributed by atoms with Crippen LogP contribution in [0.15, 0.2) is 72.8 Å². The smallest absolute Gasteiger partial charge is 0.321 e. The van der Waals surface area contributed by atoms with E-state index in [1.165, 1.54) is 0 Å². The van der Waals surface area contributed by atoms with Gasteiger partial charge in [0.2, 0.25) is 10.0 Å². The molecule has 3 heterocycles. The van der Waals surface area contributed by atoms with Crippen LogP contribution in [0.2, 0.25) is 0 Å². The number of amides is 2. The highest BCUT2D eigenvalue weighted by Gasteiger charge is 2.44. The third-order valence-corrected chi connectivity index (χ3v) is 10.1. The van der Waals surface area contributed by atoms with Gasteiger partial charge in [-0.2, -0.15) is 0 Å². The molecule has 0 atom stereocenters. The molecule has 6 rings (SSSR count). The van der Waals surface area contributed by atoms with Crippen LogP contribution in [0.3, 0.4) is 0 Å². The normalized spacial score (nSPS) is 18.8. The van der Waals surface area contributed by atoms with Gasteiger partial charge in [-0.05, 0) is 52.9 Å². The van der Waals surface area contributed by atoms with Gasteiger partial charge in [0.15, 0.2) is 0 Å². The fraction of sp³-hybridized carbons (Fsp3) is 0.387. The van der Waals surface area contributed by atoms with Crippen LogP contribution in [0, 0.1) is 0 Å². The summed E-state index contributed by atoms with van der Waals surface area (Å²) in [6, 6.07) is 23.8. The maximum atomic E-state index is 13.0. The number of piperidine rings is 1. The molecular formula is C31H35N3O5S. The van der Waals surface area contributed by atoms with E-state index in [1.807, 2.05) is 60.7 Å². The van der Waals surface area contributed by atoms with E-state index < -0.39 is 10.0 Å². The molecule has 3 aromatic carbocycles. The summed E-state index contributed by atoms with van der Waals surface area (Å²) in [5, 5.41) is 2.97. The molecule has 2 amide bonds. The number of carbonyl (C=O) groups excluding carboxylic acids is 1. The number of morpholine rings is 1. The van der Waals surface area contributed by atoms with Crippen molar-refractivity contribution in [3.63, 3.8) is 0 Å². The van der Waals surface area contributed by atoms with Crippen LogP contribution in [0.1, 0.15) is 24.0 Å². The number of carbonyl (C=O) groups is 1. The van der Waals surface area contributed by atoms with Gasteiger partial charge in [0.25, 0.3) is 0 Å². The maximum absolute atomic E-state index is 13.0. The Morgan fingerprint density at radius 3 is 2.30 bits per heavy atom. The molecule has 1 spiro atoms. The summed E-state index contributed by atoms with van der Waals surface area (Å²) in [5.41, 5.74) is 4.76. The second kappa shape index (κ2) is 11.2. The second-order valence-electron chi connectivity index (χ2n) is 10.8. The molecule has 3 aromatic rings. The summed E-state index contributed by atoms with van der Waals surface area (Å²) in [6.07, 6.45) is 2.66. The van der Waals surface area contributed by atoms with Crippen molar-refractivity contribution < 1.29 is 22.7 Å². The number of aryl methyl sites for hydroxylation is 1. The van der Waals surface area contributed by atoms with Gasteiger partial charge in [-0.1, -0.05) is 48.5 Å². The third-order valence-electron chi connectivity index (χ3n) is 8.19. The number of nitrogens with one attached hydrogen (secondary N) is 1. The van der Waals surface area contributed by atoms with Crippen LogP contribution in [-0.4, -0.2) is 74.4 Å². The minimum atomic E-state index is -3.31. The number of benzene rings is 3. The van der Waals surface area contributed by atoms with Gasteiger partial charge in [-0.15, -0.1) is 0 Å². The van der Waals surface area contributed by atoms with Crippen molar-refractivity contribution in [2.75, 3.05) is 50.5 Å². The summed E-state index contributed by atoms with van der Waals surface area (Å²) in [6.45, 7) is 3.31. The molecule has 0 unspecified atom stereocenters. The molecule has 0 saturated carbocycles. The third kappa shape index (κ3) is 5.87. The number of ether oxygens (including phenoxy) is 2. The number of hydrogen-bond donors (Lipinski definition) is 1. The SMILES string of the molecule is O=C(Nc1ccc(-c2ccc3c(c2)CC2(CCN(S(=O)(=O)CCc4ccccc4)CC2)O3)cc1)N1CCOCC1. The zero-order valence-electron chi connectivity index (χ0n) is 22.6. The van der Waals surface area contributed by atoms with Crippen LogP contribution in [0.25, 0.3) is 11.1 Å². The lowest BCUT2D eigenvalue weighted by molar-refractivity contribution is 0.0407. The first-order valence-electron chi connectivity index (χ1n) is 14.0. The summed E-state index contributed by atoms with van der Waals surface area (Å²) >= 11 is 0. The van der Waals surface area contributed by atoms with Crippen LogP contribution < -0.4 is 10.1 Å². The van der Waals surface area contributed by atoms with E-state index in [9.17, 15) is 13.2 Å². The standard InChI is InChI=1S/C31H35N3O5S/c35-30(33-17-19-38-20-18-33)32-28-9-6-25(7-10-28)26-8-11-29-27(22-26)23-31(39-29)13-15-34(16-14-31)40(36,37)21-12-24-4-2-1-3-5-24/h1-11,22H,12-21,23H2,(H,32,35). The molecule has 1 N–H and O–H groups in total. The fourth-order valence-electron chi connectivity index (χ4n) is 5.80. The lowest BCUT2D eigenvalue weighted by Crippen LogP contribution is -2.49. The van der Waals surface area contributed by atoms with Gasteiger partial charge >= 0.3 is 6.03 Å². The van der Waals surface area contributed by atoms with Gasteiger partial charge in [-0.3, -0.25) is 0 Å². The van der Waals surface area contributed by atoms with E-state index >= 15 is 0 Å². The topological polar surface area (TPSA) is 88.2 Å². The van der Waals surface area contributed by atoms with Crippen LogP contribution >= 0.6 is 0 Å². The Bertz CT molecular complexity index is 1450. The van der Waals surface area contributed by atoms with Gasteiger partial charge in [0, 0.05) is 51.1 Å². The Balaban J connectivity index is 1.05. The van der Waals surface area contributed by atoms with Crippen molar-refractivity contribution in [3.8, 4) is 16.9 Å². The van der Waals surface area contributed by atoms with E-state index in [1.54, 1.807) is 9.21 Å². The van der Waals surface area contributed by atoms with E-state index in [4.69, 9.17) is 9.47 Å². The van der Waals surface area contributed by atoms with E-state index in [0.29, 0.717) is 58.7 Å². The van der Waals surface area contributed by atoms with Crippen molar-refractivity contribution >= 4 is 21.7 Å². The first-order chi connectivity index (χ1) is 19.4. The first-order valence-corrected chi connectivity index (χ1v) is 15.6. The van der Waals surface area contributed by atoms with Gasteiger partial charge < -0.3 is 19.7 Å². The first kappa shape index (κ1) is 26.8. The molecule has 3 aliphatic heterocycles.